The number of carbonyl (C=O) groups is 8. The first kappa shape index (κ1) is 39.4. The van der Waals surface area contributed by atoms with E-state index in [4.69, 9.17) is 5.73 Å². The van der Waals surface area contributed by atoms with Crippen LogP contribution in [0.15, 0.2) is 42.5 Å². The predicted molar refractivity (Wildman–Crippen MR) is 179 cm³/mol. The first-order chi connectivity index (χ1) is 22.8. The van der Waals surface area contributed by atoms with Crippen molar-refractivity contribution in [3.8, 4) is 0 Å². The third-order valence-electron chi connectivity index (χ3n) is 7.14. The van der Waals surface area contributed by atoms with Gasteiger partial charge in [0.2, 0.25) is 35.4 Å². The van der Waals surface area contributed by atoms with Crippen LogP contribution in [0, 0.1) is 0 Å². The van der Waals surface area contributed by atoms with Crippen LogP contribution in [0.5, 0.6) is 0 Å². The van der Waals surface area contributed by atoms with Crippen molar-refractivity contribution in [2.75, 3.05) is 32.1 Å². The number of nitrogens with zero attached hydrogens (tertiary/aromatic N) is 1. The standard InChI is InChI=1S/C32H45N7O8S/c1-32(2,15-14-24(33)40)48-21-37-27(43)19-36-31(47)23(17-22-9-5-3-6-10-22)38-28(44)20-35-26(42)18-34-25(41)11-7-4-8-16-39-29(45)12-13-30(39)46/h3,5-6,9-10,12-13,23H,4,7-8,11,14-21H2,1-2H3,(H2,33,40)(H,34,41)(H,35,42)(H,36,47)(H,37,43)(H,38,44)/t23-/m0/s1. The molecule has 0 saturated carbocycles. The molecule has 8 amide bonds. The number of hydrogen-bond donors (Lipinski definition) is 6. The number of amides is 8. The Bertz CT molecular complexity index is 1330. The van der Waals surface area contributed by atoms with E-state index in [1.54, 1.807) is 24.3 Å². The summed E-state index contributed by atoms with van der Waals surface area (Å²) in [6.45, 7) is 3.02. The second-order valence-corrected chi connectivity index (χ2v) is 13.4. The van der Waals surface area contributed by atoms with E-state index in [1.807, 2.05) is 19.9 Å². The van der Waals surface area contributed by atoms with Gasteiger partial charge in [-0.2, -0.15) is 0 Å². The van der Waals surface area contributed by atoms with Gasteiger partial charge in [0, 0.05) is 42.7 Å². The van der Waals surface area contributed by atoms with Crippen LogP contribution >= 0.6 is 11.8 Å². The molecule has 0 aromatic heterocycles. The van der Waals surface area contributed by atoms with Crippen molar-refractivity contribution in [3.63, 3.8) is 0 Å². The number of nitrogens with two attached hydrogens (primary N) is 1. The van der Waals surface area contributed by atoms with Crippen molar-refractivity contribution < 1.29 is 38.4 Å². The van der Waals surface area contributed by atoms with Crippen molar-refractivity contribution in [1.82, 2.24) is 31.5 Å². The van der Waals surface area contributed by atoms with Crippen LogP contribution in [0.2, 0.25) is 0 Å². The van der Waals surface area contributed by atoms with Crippen LogP contribution in [0.3, 0.4) is 0 Å². The van der Waals surface area contributed by atoms with Gasteiger partial charge in [-0.1, -0.05) is 50.6 Å². The molecule has 0 bridgehead atoms. The Morgan fingerprint density at radius 3 is 2.04 bits per heavy atom. The number of carbonyl (C=O) groups excluding carboxylic acids is 8. The minimum atomic E-state index is -1.04. The fraction of sp³-hybridized carbons (Fsp3) is 0.500. The third-order valence-corrected chi connectivity index (χ3v) is 8.42. The van der Waals surface area contributed by atoms with Crippen molar-refractivity contribution in [3.05, 3.63) is 48.0 Å². The molecule has 15 nitrogen and oxygen atoms in total. The van der Waals surface area contributed by atoms with Crippen molar-refractivity contribution in [2.24, 2.45) is 5.73 Å². The zero-order valence-corrected chi connectivity index (χ0v) is 28.1. The Labute approximate surface area is 283 Å². The van der Waals surface area contributed by atoms with Crippen LogP contribution in [-0.2, 0) is 44.8 Å². The Balaban J connectivity index is 1.72. The fourth-order valence-electron chi connectivity index (χ4n) is 4.36. The van der Waals surface area contributed by atoms with Crippen molar-refractivity contribution >= 4 is 59.0 Å². The average molecular weight is 688 g/mol. The van der Waals surface area contributed by atoms with Crippen LogP contribution in [0.1, 0.15) is 57.9 Å². The number of unbranched alkanes of at least 4 members (excludes halogenated alkanes) is 2. The summed E-state index contributed by atoms with van der Waals surface area (Å²) in [7, 11) is 0. The zero-order valence-electron chi connectivity index (χ0n) is 27.3. The highest BCUT2D eigenvalue weighted by Crippen LogP contribution is 2.28. The SMILES string of the molecule is CC(C)(CCC(N)=O)SCNC(=O)CNC(=O)[C@H](Cc1ccccc1)NC(=O)CNC(=O)CNC(=O)CCCCCN1C(=O)C=CC1=O. The summed E-state index contributed by atoms with van der Waals surface area (Å²) < 4.78 is -0.294. The Morgan fingerprint density at radius 1 is 0.771 bits per heavy atom. The van der Waals surface area contributed by atoms with E-state index in [-0.39, 0.29) is 67.2 Å². The first-order valence-corrected chi connectivity index (χ1v) is 16.6. The molecule has 0 unspecified atom stereocenters. The third kappa shape index (κ3) is 16.2. The molecule has 1 heterocycles. The molecule has 2 rings (SSSR count). The predicted octanol–water partition coefficient (Wildman–Crippen LogP) is -0.601. The summed E-state index contributed by atoms with van der Waals surface area (Å²) in [5.74, 6) is -3.47. The number of nitrogens with one attached hydrogen (secondary N) is 5. The van der Waals surface area contributed by atoms with E-state index < -0.39 is 42.1 Å². The molecule has 0 radical (unpaired) electrons. The smallest absolute Gasteiger partial charge is 0.253 e. The van der Waals surface area contributed by atoms with E-state index in [0.717, 1.165) is 10.5 Å². The first-order valence-electron chi connectivity index (χ1n) is 15.6. The maximum atomic E-state index is 13.0. The number of benzene rings is 1. The summed E-state index contributed by atoms with van der Waals surface area (Å²) in [6.07, 6.45) is 5.16. The minimum Gasteiger partial charge on any atom is -0.370 e. The van der Waals surface area contributed by atoms with Gasteiger partial charge in [-0.3, -0.25) is 43.3 Å². The van der Waals surface area contributed by atoms with E-state index in [0.29, 0.717) is 25.7 Å². The molecule has 48 heavy (non-hydrogen) atoms. The highest BCUT2D eigenvalue weighted by atomic mass is 32.2. The number of rotatable bonds is 22. The summed E-state index contributed by atoms with van der Waals surface area (Å²) in [5, 5.41) is 12.7. The van der Waals surface area contributed by atoms with E-state index in [9.17, 15) is 38.4 Å². The summed E-state index contributed by atoms with van der Waals surface area (Å²) in [4.78, 5) is 97.5. The van der Waals surface area contributed by atoms with Gasteiger partial charge in [0.25, 0.3) is 11.8 Å². The molecule has 1 aliphatic heterocycles. The molecule has 1 aromatic carbocycles. The van der Waals surface area contributed by atoms with Crippen LogP contribution in [0.25, 0.3) is 0 Å². The van der Waals surface area contributed by atoms with E-state index >= 15 is 0 Å². The maximum Gasteiger partial charge on any atom is 0.253 e. The normalized spacial score (nSPS) is 13.1. The highest BCUT2D eigenvalue weighted by molar-refractivity contribution is 8.00. The molecule has 262 valence electrons. The molecule has 1 aliphatic rings. The molecule has 0 saturated heterocycles. The van der Waals surface area contributed by atoms with Gasteiger partial charge in [-0.25, -0.2) is 0 Å². The highest BCUT2D eigenvalue weighted by Gasteiger charge is 2.24. The van der Waals surface area contributed by atoms with Gasteiger partial charge in [0.1, 0.15) is 6.04 Å². The van der Waals surface area contributed by atoms with Crippen molar-refractivity contribution in [1.29, 1.82) is 0 Å². The monoisotopic (exact) mass is 687 g/mol. The average Bonchev–Trinajstić information content (AvgIpc) is 3.36. The van der Waals surface area contributed by atoms with Crippen LogP contribution in [-0.4, -0.2) is 95.0 Å². The van der Waals surface area contributed by atoms with Gasteiger partial charge in [-0.15, -0.1) is 11.8 Å². The largest absolute Gasteiger partial charge is 0.370 e. The minimum absolute atomic E-state index is 0.134. The number of imide groups is 1. The van der Waals surface area contributed by atoms with Gasteiger partial charge in [0.15, 0.2) is 0 Å². The Morgan fingerprint density at radius 2 is 1.38 bits per heavy atom. The van der Waals surface area contributed by atoms with Crippen molar-refractivity contribution in [2.45, 2.75) is 69.6 Å². The maximum absolute atomic E-state index is 13.0. The molecule has 16 heteroatoms. The summed E-state index contributed by atoms with van der Waals surface area (Å²) in [6, 6.07) is 7.91. The Kier molecular flexibility index (Phi) is 16.8. The molecule has 1 atom stereocenters. The number of thioether (sulfide) groups is 1. The lowest BCUT2D eigenvalue weighted by atomic mass is 10.1. The quantitative estimate of drug-likeness (QED) is 0.0519. The lowest BCUT2D eigenvalue weighted by Gasteiger charge is -2.23. The molecular weight excluding hydrogens is 642 g/mol. The van der Waals surface area contributed by atoms with Gasteiger partial charge in [0.05, 0.1) is 25.5 Å². The summed E-state index contributed by atoms with van der Waals surface area (Å²) in [5.41, 5.74) is 5.97. The van der Waals surface area contributed by atoms with Crippen LogP contribution in [0.4, 0.5) is 0 Å². The van der Waals surface area contributed by atoms with Crippen LogP contribution < -0.4 is 32.3 Å². The fourth-order valence-corrected chi connectivity index (χ4v) is 5.23. The lowest BCUT2D eigenvalue weighted by Crippen LogP contribution is -2.52. The van der Waals surface area contributed by atoms with E-state index in [1.165, 1.54) is 23.9 Å². The number of hydrogen-bond acceptors (Lipinski definition) is 9. The number of primary amides is 1. The molecule has 0 aliphatic carbocycles. The molecule has 0 spiro atoms. The van der Waals surface area contributed by atoms with E-state index in [2.05, 4.69) is 26.6 Å². The molecule has 1 aromatic rings. The lowest BCUT2D eigenvalue weighted by molar-refractivity contribution is -0.137. The summed E-state index contributed by atoms with van der Waals surface area (Å²) >= 11 is 1.43. The molecular formula is C32H45N7O8S. The molecule has 0 fully saturated rings. The van der Waals surface area contributed by atoms with Gasteiger partial charge >= 0.3 is 0 Å². The second-order valence-electron chi connectivity index (χ2n) is 11.7. The zero-order chi connectivity index (χ0) is 35.5. The topological polar surface area (TPSA) is 226 Å². The molecule has 7 N–H and O–H groups in total. The Hall–Kier alpha value is -4.73. The second kappa shape index (κ2) is 20.5. The van der Waals surface area contributed by atoms with Gasteiger partial charge < -0.3 is 32.3 Å². The van der Waals surface area contributed by atoms with Gasteiger partial charge in [-0.05, 0) is 24.8 Å².